The molecule has 1 saturated carbocycles. The normalized spacial score (nSPS) is 18.9. The summed E-state index contributed by atoms with van der Waals surface area (Å²) in [4.78, 5) is 0. The molecule has 4 nitrogen and oxygen atoms in total. The lowest BCUT2D eigenvalue weighted by atomic mass is 9.77. The lowest BCUT2D eigenvalue weighted by Gasteiger charge is -2.43. The van der Waals surface area contributed by atoms with Crippen molar-refractivity contribution in [3.8, 4) is 11.5 Å². The highest BCUT2D eigenvalue weighted by molar-refractivity contribution is 6.99. The number of ether oxygens (including phenoxy) is 2. The van der Waals surface area contributed by atoms with Gasteiger partial charge in [0.25, 0.3) is 8.32 Å². The third-order valence-corrected chi connectivity index (χ3v) is 13.5. The van der Waals surface area contributed by atoms with Gasteiger partial charge in [-0.25, -0.2) is 0 Å². The van der Waals surface area contributed by atoms with E-state index in [-0.39, 0.29) is 17.1 Å². The minimum absolute atomic E-state index is 0.00597. The molecule has 216 valence electrons. The van der Waals surface area contributed by atoms with Crippen LogP contribution < -0.4 is 19.8 Å². The molecule has 0 heterocycles. The highest BCUT2D eigenvalue weighted by Gasteiger charge is 2.50. The number of aliphatic hydroxyl groups is 1. The summed E-state index contributed by atoms with van der Waals surface area (Å²) in [6, 6.07) is 27.6. The first-order chi connectivity index (χ1) is 19.2. The summed E-state index contributed by atoms with van der Waals surface area (Å²) in [5, 5.41) is 13.9. The number of hydrogen-bond donors (Lipinski definition) is 1. The van der Waals surface area contributed by atoms with Crippen molar-refractivity contribution in [2.75, 3.05) is 13.7 Å². The summed E-state index contributed by atoms with van der Waals surface area (Å²) in [5.41, 5.74) is 0.912. The summed E-state index contributed by atoms with van der Waals surface area (Å²) in [5.74, 6) is 2.28. The van der Waals surface area contributed by atoms with E-state index in [1.165, 1.54) is 10.4 Å². The smallest absolute Gasteiger partial charge is 0.261 e. The minimum atomic E-state index is -2.50. The van der Waals surface area contributed by atoms with E-state index >= 15 is 0 Å². The fraction of sp³-hybridized carbons (Fsp3) is 0.486. The van der Waals surface area contributed by atoms with Crippen LogP contribution in [0.5, 0.6) is 11.5 Å². The molecule has 1 aliphatic carbocycles. The average molecular weight is 561 g/mol. The van der Waals surface area contributed by atoms with Gasteiger partial charge in [0.2, 0.25) is 0 Å². The highest BCUT2D eigenvalue weighted by atomic mass is 28.4. The largest absolute Gasteiger partial charge is 0.493 e. The van der Waals surface area contributed by atoms with Crippen molar-refractivity contribution in [1.29, 1.82) is 0 Å². The molecule has 3 aromatic rings. The van der Waals surface area contributed by atoms with Gasteiger partial charge < -0.3 is 19.0 Å². The van der Waals surface area contributed by atoms with E-state index in [1.807, 2.05) is 32.0 Å². The average Bonchev–Trinajstić information content (AvgIpc) is 2.95. The van der Waals surface area contributed by atoms with Gasteiger partial charge in [-0.15, -0.1) is 0 Å². The Bertz CT molecular complexity index is 1140. The van der Waals surface area contributed by atoms with Crippen LogP contribution in [0.15, 0.2) is 78.9 Å². The molecule has 0 saturated heterocycles. The molecule has 0 aromatic heterocycles. The molecule has 3 aromatic carbocycles. The van der Waals surface area contributed by atoms with E-state index in [1.54, 1.807) is 7.11 Å². The maximum Gasteiger partial charge on any atom is 0.261 e. The molecule has 1 aliphatic rings. The molecule has 1 fully saturated rings. The molecule has 0 aliphatic heterocycles. The molecule has 0 amide bonds. The molecule has 5 heteroatoms. The van der Waals surface area contributed by atoms with Crippen LogP contribution in [0.4, 0.5) is 0 Å². The second-order valence-electron chi connectivity index (χ2n) is 12.6. The minimum Gasteiger partial charge on any atom is -0.493 e. The predicted molar refractivity (Wildman–Crippen MR) is 167 cm³/mol. The highest BCUT2D eigenvalue weighted by Crippen LogP contribution is 2.41. The van der Waals surface area contributed by atoms with Crippen molar-refractivity contribution < 1.29 is 19.0 Å². The fourth-order valence-electron chi connectivity index (χ4n) is 6.43. The Balaban J connectivity index is 1.40. The molecule has 4 rings (SSSR count). The van der Waals surface area contributed by atoms with Crippen LogP contribution >= 0.6 is 0 Å². The van der Waals surface area contributed by atoms with E-state index in [4.69, 9.17) is 13.9 Å². The lowest BCUT2D eigenvalue weighted by Crippen LogP contribution is -2.66. The number of benzene rings is 3. The third kappa shape index (κ3) is 6.81. The van der Waals surface area contributed by atoms with Crippen molar-refractivity contribution in [1.82, 2.24) is 0 Å². The number of hydrogen-bond acceptors (Lipinski definition) is 4. The molecule has 40 heavy (non-hydrogen) atoms. The van der Waals surface area contributed by atoms with E-state index in [0.717, 1.165) is 44.3 Å². The van der Waals surface area contributed by atoms with Crippen molar-refractivity contribution >= 4 is 18.7 Å². The standard InChI is InChI=1S/C35H48O4Si/c1-26(2)39-33-25-29(21-22-32(33)37-6)34(36)28-19-17-27(18-20-28)23-24-38-40(35(3,4)5,30-13-9-7-10-14-30)31-15-11-8-12-16-31/h7-16,21-22,25-28,34,36H,17-20,23-24H2,1-6H3. The van der Waals surface area contributed by atoms with Gasteiger partial charge in [-0.3, -0.25) is 0 Å². The molecule has 0 spiro atoms. The van der Waals surface area contributed by atoms with Crippen LogP contribution in [0.1, 0.15) is 78.4 Å². The maximum atomic E-state index is 11.3. The monoisotopic (exact) mass is 560 g/mol. The van der Waals surface area contributed by atoms with Gasteiger partial charge in [0, 0.05) is 6.61 Å². The molecule has 0 radical (unpaired) electrons. The number of rotatable bonds is 11. The van der Waals surface area contributed by atoms with Gasteiger partial charge in [0.15, 0.2) is 11.5 Å². The Labute approximate surface area is 242 Å². The quantitative estimate of drug-likeness (QED) is 0.250. The fourth-order valence-corrected chi connectivity index (χ4v) is 11.0. The zero-order valence-corrected chi connectivity index (χ0v) is 26.2. The first kappa shape index (κ1) is 30.4. The van der Waals surface area contributed by atoms with Crippen LogP contribution in [-0.2, 0) is 4.43 Å². The zero-order valence-electron chi connectivity index (χ0n) is 25.2. The lowest BCUT2D eigenvalue weighted by molar-refractivity contribution is 0.0695. The summed E-state index contributed by atoms with van der Waals surface area (Å²) < 4.78 is 18.6. The van der Waals surface area contributed by atoms with Gasteiger partial charge in [0.05, 0.1) is 19.3 Å². The van der Waals surface area contributed by atoms with Crippen LogP contribution in [0.25, 0.3) is 0 Å². The van der Waals surface area contributed by atoms with Gasteiger partial charge in [-0.05, 0) is 90.9 Å². The van der Waals surface area contributed by atoms with E-state index in [9.17, 15) is 5.11 Å². The van der Waals surface area contributed by atoms with Gasteiger partial charge in [-0.2, -0.15) is 0 Å². The molecule has 0 bridgehead atoms. The van der Waals surface area contributed by atoms with Crippen LogP contribution in [-0.4, -0.2) is 33.2 Å². The van der Waals surface area contributed by atoms with E-state index in [0.29, 0.717) is 17.4 Å². The van der Waals surface area contributed by atoms with Crippen LogP contribution in [0.2, 0.25) is 5.04 Å². The predicted octanol–water partition coefficient (Wildman–Crippen LogP) is 7.29. The maximum absolute atomic E-state index is 11.3. The van der Waals surface area contributed by atoms with E-state index < -0.39 is 14.4 Å². The topological polar surface area (TPSA) is 47.9 Å². The third-order valence-electron chi connectivity index (χ3n) is 8.49. The van der Waals surface area contributed by atoms with Gasteiger partial charge >= 0.3 is 0 Å². The Morgan fingerprint density at radius 2 is 1.40 bits per heavy atom. The van der Waals surface area contributed by atoms with E-state index in [2.05, 4.69) is 81.4 Å². The molecule has 1 unspecified atom stereocenters. The molecular formula is C35H48O4Si. The number of aliphatic hydroxyl groups excluding tert-OH is 1. The Morgan fingerprint density at radius 3 is 1.90 bits per heavy atom. The zero-order chi connectivity index (χ0) is 28.8. The van der Waals surface area contributed by atoms with Crippen molar-refractivity contribution in [3.05, 3.63) is 84.4 Å². The first-order valence-electron chi connectivity index (χ1n) is 14.9. The van der Waals surface area contributed by atoms with Crippen LogP contribution in [0.3, 0.4) is 0 Å². The SMILES string of the molecule is COc1ccc(C(O)C2CCC(CCO[Si](c3ccccc3)(c3ccccc3)C(C)(C)C)CC2)cc1OC(C)C. The van der Waals surface area contributed by atoms with Crippen molar-refractivity contribution in [3.63, 3.8) is 0 Å². The summed E-state index contributed by atoms with van der Waals surface area (Å²) in [7, 11) is -0.846. The Morgan fingerprint density at radius 1 is 0.825 bits per heavy atom. The first-order valence-corrected chi connectivity index (χ1v) is 16.8. The summed E-state index contributed by atoms with van der Waals surface area (Å²) in [6.07, 6.45) is 4.91. The second-order valence-corrected chi connectivity index (χ2v) is 16.9. The second kappa shape index (κ2) is 13.4. The summed E-state index contributed by atoms with van der Waals surface area (Å²) in [6.45, 7) is 11.8. The van der Waals surface area contributed by atoms with Crippen LogP contribution in [0, 0.1) is 11.8 Å². The Hall–Kier alpha value is -2.60. The van der Waals surface area contributed by atoms with Crippen molar-refractivity contribution in [2.24, 2.45) is 11.8 Å². The molecule has 1 atom stereocenters. The summed E-state index contributed by atoms with van der Waals surface area (Å²) >= 11 is 0. The van der Waals surface area contributed by atoms with Gasteiger partial charge in [0.1, 0.15) is 0 Å². The molecular weight excluding hydrogens is 512 g/mol. The van der Waals surface area contributed by atoms with Crippen molar-refractivity contribution in [2.45, 2.75) is 84.0 Å². The Kier molecular flexibility index (Phi) is 10.1. The number of methoxy groups -OCH3 is 1. The van der Waals surface area contributed by atoms with Gasteiger partial charge in [-0.1, -0.05) is 87.5 Å². The molecule has 1 N–H and O–H groups in total.